The molecule has 2 aliphatic heterocycles. The summed E-state index contributed by atoms with van der Waals surface area (Å²) < 4.78 is 51.5. The zero-order chi connectivity index (χ0) is 23.0. The number of carbonyl (C=O) groups is 3. The number of benzene rings is 1. The zero-order valence-electron chi connectivity index (χ0n) is 17.1. The number of aliphatic carboxylic acids is 1. The first-order chi connectivity index (χ1) is 15.2. The van der Waals surface area contributed by atoms with Crippen molar-refractivity contribution >= 4 is 17.9 Å². The van der Waals surface area contributed by atoms with E-state index in [9.17, 15) is 32.7 Å². The van der Waals surface area contributed by atoms with Gasteiger partial charge in [0, 0.05) is 0 Å². The van der Waals surface area contributed by atoms with E-state index < -0.39 is 48.0 Å². The maximum Gasteiger partial charge on any atom is 0.408 e. The van der Waals surface area contributed by atoms with E-state index in [0.717, 1.165) is 6.42 Å². The fourth-order valence-electron chi connectivity index (χ4n) is 4.78. The number of likely N-dealkylation sites (tertiary alicyclic amines) is 1. The lowest BCUT2D eigenvalue weighted by atomic mass is 9.81. The average molecular weight is 456 g/mol. The third kappa shape index (κ3) is 4.07. The highest BCUT2D eigenvalue weighted by molar-refractivity contribution is 6.07. The molecule has 0 radical (unpaired) electrons. The number of carbonyl (C=O) groups excluding carboxylic acids is 2. The molecule has 174 valence electrons. The molecule has 3 amide bonds. The van der Waals surface area contributed by atoms with Crippen molar-refractivity contribution in [2.24, 2.45) is 11.8 Å². The Morgan fingerprint density at radius 3 is 2.56 bits per heavy atom. The van der Waals surface area contributed by atoms with Crippen LogP contribution in [0.2, 0.25) is 0 Å². The molecule has 3 aliphatic rings. The summed E-state index contributed by atoms with van der Waals surface area (Å²) in [7, 11) is 0. The predicted octanol–water partition coefficient (Wildman–Crippen LogP) is 3.09. The van der Waals surface area contributed by atoms with Crippen LogP contribution in [-0.2, 0) is 16.0 Å². The minimum absolute atomic E-state index is 0.0121. The number of fused-ring (bicyclic) bond motifs is 1. The first-order valence-electron chi connectivity index (χ1n) is 10.5. The summed E-state index contributed by atoms with van der Waals surface area (Å²) in [6.45, 7) is -0.0121. The van der Waals surface area contributed by atoms with Gasteiger partial charge in [-0.05, 0) is 36.8 Å². The summed E-state index contributed by atoms with van der Waals surface area (Å²) in [6, 6.07) is -0.0640. The Morgan fingerprint density at radius 2 is 1.91 bits per heavy atom. The molecule has 1 saturated heterocycles. The van der Waals surface area contributed by atoms with E-state index in [1.54, 1.807) is 18.2 Å². The second-order valence-electron chi connectivity index (χ2n) is 8.32. The van der Waals surface area contributed by atoms with E-state index in [2.05, 4.69) is 0 Å². The van der Waals surface area contributed by atoms with Gasteiger partial charge in [0.05, 0.1) is 5.92 Å². The molecule has 1 aromatic rings. The molecule has 1 aromatic carbocycles. The van der Waals surface area contributed by atoms with Gasteiger partial charge in [-0.3, -0.25) is 4.79 Å². The monoisotopic (exact) mass is 456 g/mol. The molecular formula is C21H23F3N2O6. The molecule has 1 aliphatic carbocycles. The Hall–Kier alpha value is -2.98. The molecule has 1 saturated carbocycles. The Morgan fingerprint density at radius 1 is 1.19 bits per heavy atom. The SMILES string of the molecule is O=C(O)C1[C@@H](Cc2cccc3c2OCO3)C(=O)N1C(=O)N[C@@H](C1CCCCC1)C(F)(F)F. The number of halogens is 3. The molecule has 0 bridgehead atoms. The van der Waals surface area contributed by atoms with Gasteiger partial charge in [0.15, 0.2) is 17.5 Å². The number of amides is 3. The highest BCUT2D eigenvalue weighted by Crippen LogP contribution is 2.40. The Kier molecular flexibility index (Phi) is 5.91. The number of ether oxygens (including phenoxy) is 2. The molecule has 8 nitrogen and oxygen atoms in total. The van der Waals surface area contributed by atoms with Gasteiger partial charge in [0.25, 0.3) is 0 Å². The lowest BCUT2D eigenvalue weighted by molar-refractivity contribution is -0.172. The summed E-state index contributed by atoms with van der Waals surface area (Å²) in [5, 5.41) is 11.5. The maximum atomic E-state index is 13.6. The van der Waals surface area contributed by atoms with Gasteiger partial charge in [-0.2, -0.15) is 13.2 Å². The standard InChI is InChI=1S/C21H23F3N2O6/c22-21(23,24)17(11-5-2-1-3-6-11)25-20(30)26-15(19(28)29)13(18(26)27)9-12-7-4-8-14-16(12)32-10-31-14/h4,7-8,11,13,15,17H,1-3,5-6,9-10H2,(H,25,30)(H,28,29)/t13-,15?,17+/m1/s1. The molecule has 2 fully saturated rings. The van der Waals surface area contributed by atoms with Crippen LogP contribution in [0.25, 0.3) is 0 Å². The molecule has 11 heteroatoms. The molecule has 2 N–H and O–H groups in total. The van der Waals surface area contributed by atoms with Crippen molar-refractivity contribution in [3.8, 4) is 11.5 Å². The van der Waals surface area contributed by atoms with Gasteiger partial charge in [0.2, 0.25) is 12.7 Å². The predicted molar refractivity (Wildman–Crippen MR) is 103 cm³/mol. The Labute approximate surface area is 181 Å². The van der Waals surface area contributed by atoms with Crippen LogP contribution in [0, 0.1) is 11.8 Å². The number of hydrogen-bond donors (Lipinski definition) is 2. The second-order valence-corrected chi connectivity index (χ2v) is 8.32. The van der Waals surface area contributed by atoms with Crippen molar-refractivity contribution in [2.75, 3.05) is 6.79 Å². The number of carboxylic acids is 1. The number of carboxylic acid groups (broad SMARTS) is 1. The number of imide groups is 1. The minimum atomic E-state index is -4.70. The van der Waals surface area contributed by atoms with Gasteiger partial charge >= 0.3 is 18.2 Å². The third-order valence-electron chi connectivity index (χ3n) is 6.36. The average Bonchev–Trinajstić information content (AvgIpc) is 3.22. The molecule has 4 rings (SSSR count). The first kappa shape index (κ1) is 22.2. The molecule has 1 unspecified atom stereocenters. The van der Waals surface area contributed by atoms with Crippen LogP contribution < -0.4 is 14.8 Å². The van der Waals surface area contributed by atoms with E-state index >= 15 is 0 Å². The fraction of sp³-hybridized carbons (Fsp3) is 0.571. The number of urea groups is 1. The Bertz CT molecular complexity index is 915. The number of rotatable bonds is 5. The van der Waals surface area contributed by atoms with Gasteiger partial charge in [-0.1, -0.05) is 31.4 Å². The number of nitrogens with zero attached hydrogens (tertiary/aromatic N) is 1. The van der Waals surface area contributed by atoms with E-state index in [4.69, 9.17) is 9.47 Å². The summed E-state index contributed by atoms with van der Waals surface area (Å²) in [4.78, 5) is 37.5. The highest BCUT2D eigenvalue weighted by atomic mass is 19.4. The van der Waals surface area contributed by atoms with Gasteiger partial charge in [-0.15, -0.1) is 0 Å². The summed E-state index contributed by atoms with van der Waals surface area (Å²) in [6.07, 6.45) is -2.04. The van der Waals surface area contributed by atoms with E-state index in [0.29, 0.717) is 47.6 Å². The van der Waals surface area contributed by atoms with E-state index in [1.165, 1.54) is 0 Å². The van der Waals surface area contributed by atoms with Gasteiger partial charge < -0.3 is 19.9 Å². The topological polar surface area (TPSA) is 105 Å². The zero-order valence-corrected chi connectivity index (χ0v) is 17.1. The van der Waals surface area contributed by atoms with E-state index in [1.807, 2.05) is 5.32 Å². The molecule has 32 heavy (non-hydrogen) atoms. The number of β-lactam (4-membered cyclic amide) rings is 1. The van der Waals surface area contributed by atoms with Gasteiger partial charge in [0.1, 0.15) is 6.04 Å². The van der Waals surface area contributed by atoms with Crippen molar-refractivity contribution in [2.45, 2.75) is 56.8 Å². The lowest BCUT2D eigenvalue weighted by Gasteiger charge is -2.44. The molecular weight excluding hydrogens is 433 g/mol. The second kappa shape index (κ2) is 8.51. The number of para-hydroxylation sites is 1. The smallest absolute Gasteiger partial charge is 0.408 e. The fourth-order valence-corrected chi connectivity index (χ4v) is 4.78. The van der Waals surface area contributed by atoms with Crippen molar-refractivity contribution in [3.63, 3.8) is 0 Å². The van der Waals surface area contributed by atoms with E-state index in [-0.39, 0.29) is 13.2 Å². The molecule has 0 aromatic heterocycles. The molecule has 2 heterocycles. The van der Waals surface area contributed by atoms with Crippen molar-refractivity contribution in [1.82, 2.24) is 10.2 Å². The van der Waals surface area contributed by atoms with Crippen LogP contribution in [0.5, 0.6) is 11.5 Å². The molecule has 0 spiro atoms. The van der Waals surface area contributed by atoms with Crippen LogP contribution in [0.15, 0.2) is 18.2 Å². The lowest BCUT2D eigenvalue weighted by Crippen LogP contribution is -2.70. The van der Waals surface area contributed by atoms with Gasteiger partial charge in [-0.25, -0.2) is 14.5 Å². The van der Waals surface area contributed by atoms with Crippen LogP contribution >= 0.6 is 0 Å². The van der Waals surface area contributed by atoms with Crippen molar-refractivity contribution in [1.29, 1.82) is 0 Å². The highest BCUT2D eigenvalue weighted by Gasteiger charge is 2.56. The van der Waals surface area contributed by atoms with Crippen LogP contribution in [-0.4, -0.2) is 53.0 Å². The summed E-state index contributed by atoms with van der Waals surface area (Å²) in [5.74, 6) is -3.36. The van der Waals surface area contributed by atoms with Crippen LogP contribution in [0.3, 0.4) is 0 Å². The summed E-state index contributed by atoms with van der Waals surface area (Å²) >= 11 is 0. The van der Waals surface area contributed by atoms with Crippen molar-refractivity contribution < 1.29 is 42.1 Å². The Balaban J connectivity index is 1.49. The van der Waals surface area contributed by atoms with Crippen LogP contribution in [0.4, 0.5) is 18.0 Å². The van der Waals surface area contributed by atoms with Crippen LogP contribution in [0.1, 0.15) is 37.7 Å². The number of nitrogens with one attached hydrogen (secondary N) is 1. The maximum absolute atomic E-state index is 13.6. The first-order valence-corrected chi connectivity index (χ1v) is 10.5. The molecule has 3 atom stereocenters. The summed E-state index contributed by atoms with van der Waals surface area (Å²) in [5.41, 5.74) is 0.528. The van der Waals surface area contributed by atoms with Crippen molar-refractivity contribution in [3.05, 3.63) is 23.8 Å². The minimum Gasteiger partial charge on any atom is -0.480 e. The number of alkyl halides is 3. The normalized spacial score (nSPS) is 24.1. The number of hydrogen-bond acceptors (Lipinski definition) is 5. The quantitative estimate of drug-likeness (QED) is 0.660. The largest absolute Gasteiger partial charge is 0.480 e. The third-order valence-corrected chi connectivity index (χ3v) is 6.36.